The lowest BCUT2D eigenvalue weighted by Gasteiger charge is -2.25. The Kier molecular flexibility index (Phi) is 5.16. The molecule has 1 atom stereocenters. The maximum atomic E-state index is 11.8. The third kappa shape index (κ3) is 5.05. The second-order valence-electron chi connectivity index (χ2n) is 4.09. The second kappa shape index (κ2) is 6.73. The molecular formula is C12H13NO7P2. The van der Waals surface area contributed by atoms with Crippen LogP contribution in [0.3, 0.4) is 0 Å². The molecule has 0 heterocycles. The monoisotopic (exact) mass is 345 g/mol. The summed E-state index contributed by atoms with van der Waals surface area (Å²) < 4.78 is 31.1. The molecule has 0 saturated heterocycles. The van der Waals surface area contributed by atoms with Crippen LogP contribution in [0.4, 0.5) is 11.4 Å². The first-order chi connectivity index (χ1) is 10.3. The number of rotatable bonds is 6. The molecule has 0 aliphatic rings. The number of benzene rings is 2. The molecule has 0 amide bonds. The molecule has 0 spiro atoms. The van der Waals surface area contributed by atoms with Crippen LogP contribution in [-0.4, -0.2) is 14.7 Å². The van der Waals surface area contributed by atoms with Gasteiger partial charge in [0.1, 0.15) is 0 Å². The molecule has 10 heteroatoms. The van der Waals surface area contributed by atoms with Gasteiger partial charge in [-0.05, 0) is 24.3 Å². The van der Waals surface area contributed by atoms with Gasteiger partial charge in [0.15, 0.2) is 0 Å². The van der Waals surface area contributed by atoms with Crippen molar-refractivity contribution in [3.8, 4) is 0 Å². The standard InChI is InChI=1S/C12H13NO7P2/c14-21(15,16)20-22(17,18)19-13(11-7-3-1-4-8-11)12-9-5-2-6-10-12/h1-10H,(H,17,18)(H2,14,15,16). The lowest BCUT2D eigenvalue weighted by Crippen LogP contribution is -2.16. The Balaban J connectivity index is 2.34. The van der Waals surface area contributed by atoms with E-state index in [1.54, 1.807) is 60.7 Å². The molecular weight excluding hydrogens is 332 g/mol. The van der Waals surface area contributed by atoms with E-state index in [0.717, 1.165) is 5.06 Å². The average molecular weight is 345 g/mol. The Morgan fingerprint density at radius 3 is 1.55 bits per heavy atom. The molecule has 0 saturated carbocycles. The largest absolute Gasteiger partial charge is 0.503 e. The summed E-state index contributed by atoms with van der Waals surface area (Å²) >= 11 is 0. The highest BCUT2D eigenvalue weighted by Gasteiger charge is 2.35. The van der Waals surface area contributed by atoms with E-state index in [4.69, 9.17) is 14.4 Å². The molecule has 8 nitrogen and oxygen atoms in total. The molecule has 3 N–H and O–H groups in total. The molecule has 2 rings (SSSR count). The summed E-state index contributed by atoms with van der Waals surface area (Å²) in [6.45, 7) is 0. The van der Waals surface area contributed by atoms with Crippen LogP contribution in [0.5, 0.6) is 0 Å². The SMILES string of the molecule is O=P(O)(O)OP(=O)(O)ON(c1ccccc1)c1ccccc1. The van der Waals surface area contributed by atoms with Crippen molar-refractivity contribution in [1.82, 2.24) is 0 Å². The Hall–Kier alpha value is -1.50. The average Bonchev–Trinajstić information content (AvgIpc) is 2.44. The highest BCUT2D eigenvalue weighted by molar-refractivity contribution is 7.60. The van der Waals surface area contributed by atoms with Crippen molar-refractivity contribution < 1.29 is 32.7 Å². The van der Waals surface area contributed by atoms with Crippen molar-refractivity contribution in [2.45, 2.75) is 0 Å². The van der Waals surface area contributed by atoms with Gasteiger partial charge >= 0.3 is 15.6 Å². The van der Waals surface area contributed by atoms with Gasteiger partial charge in [0.25, 0.3) is 0 Å². The van der Waals surface area contributed by atoms with Crippen molar-refractivity contribution in [1.29, 1.82) is 0 Å². The Morgan fingerprint density at radius 1 is 0.773 bits per heavy atom. The second-order valence-corrected chi connectivity index (χ2v) is 6.82. The zero-order valence-corrected chi connectivity index (χ0v) is 12.9. The van der Waals surface area contributed by atoms with Crippen molar-refractivity contribution in [2.24, 2.45) is 0 Å². The predicted octanol–water partition coefficient (Wildman–Crippen LogP) is 2.97. The third-order valence-corrected chi connectivity index (χ3v) is 4.42. The summed E-state index contributed by atoms with van der Waals surface area (Å²) in [4.78, 5) is 26.9. The molecule has 22 heavy (non-hydrogen) atoms. The summed E-state index contributed by atoms with van der Waals surface area (Å²) in [7, 11) is -10.2. The molecule has 0 aromatic heterocycles. The van der Waals surface area contributed by atoms with Crippen molar-refractivity contribution in [3.05, 3.63) is 60.7 Å². The van der Waals surface area contributed by atoms with E-state index in [0.29, 0.717) is 11.4 Å². The van der Waals surface area contributed by atoms with Gasteiger partial charge in [0, 0.05) is 0 Å². The summed E-state index contributed by atoms with van der Waals surface area (Å²) in [5, 5.41) is 0.955. The van der Waals surface area contributed by atoms with E-state index in [1.165, 1.54) is 0 Å². The molecule has 2 aromatic rings. The van der Waals surface area contributed by atoms with Crippen LogP contribution in [0.2, 0.25) is 0 Å². The third-order valence-electron chi connectivity index (χ3n) is 2.38. The Labute approximate surface area is 126 Å². The maximum Gasteiger partial charge on any atom is 0.503 e. The fraction of sp³-hybridized carbons (Fsp3) is 0. The molecule has 2 aromatic carbocycles. The van der Waals surface area contributed by atoms with Gasteiger partial charge in [-0.15, -0.1) is 0 Å². The molecule has 1 unspecified atom stereocenters. The topological polar surface area (TPSA) is 117 Å². The van der Waals surface area contributed by atoms with Gasteiger partial charge in [0.05, 0.1) is 11.4 Å². The molecule has 0 bridgehead atoms. The van der Waals surface area contributed by atoms with Gasteiger partial charge in [-0.2, -0.15) is 8.94 Å². The van der Waals surface area contributed by atoms with Crippen molar-refractivity contribution in [3.63, 3.8) is 0 Å². The first kappa shape index (κ1) is 16.9. The molecule has 0 fully saturated rings. The van der Waals surface area contributed by atoms with Crippen LogP contribution < -0.4 is 5.06 Å². The number of hydrogen-bond acceptors (Lipinski definition) is 5. The maximum absolute atomic E-state index is 11.8. The Morgan fingerprint density at radius 2 is 1.18 bits per heavy atom. The van der Waals surface area contributed by atoms with Crippen LogP contribution >= 0.6 is 15.6 Å². The van der Waals surface area contributed by atoms with E-state index >= 15 is 0 Å². The summed E-state index contributed by atoms with van der Waals surface area (Å²) in [6.07, 6.45) is 0. The van der Waals surface area contributed by atoms with Crippen LogP contribution in [0.15, 0.2) is 60.7 Å². The van der Waals surface area contributed by atoms with Gasteiger partial charge in [-0.3, -0.25) is 0 Å². The van der Waals surface area contributed by atoms with E-state index in [2.05, 4.69) is 4.31 Å². The highest BCUT2D eigenvalue weighted by Crippen LogP contribution is 2.58. The lowest BCUT2D eigenvalue weighted by molar-refractivity contribution is 0.179. The van der Waals surface area contributed by atoms with E-state index in [9.17, 15) is 14.0 Å². The zero-order chi connectivity index (χ0) is 16.2. The van der Waals surface area contributed by atoms with E-state index in [-0.39, 0.29) is 0 Å². The summed E-state index contributed by atoms with van der Waals surface area (Å²) in [5.41, 5.74) is 0.745. The van der Waals surface area contributed by atoms with Crippen LogP contribution in [0.1, 0.15) is 0 Å². The minimum Gasteiger partial charge on any atom is -0.302 e. The number of hydrogen-bond donors (Lipinski definition) is 3. The number of phosphoric acid groups is 2. The van der Waals surface area contributed by atoms with Crippen LogP contribution in [0, 0.1) is 0 Å². The first-order valence-electron chi connectivity index (χ1n) is 5.96. The Bertz CT molecular complexity index is 664. The van der Waals surface area contributed by atoms with Gasteiger partial charge in [-0.25, -0.2) is 14.2 Å². The quantitative estimate of drug-likeness (QED) is 0.540. The summed E-state index contributed by atoms with van der Waals surface area (Å²) in [5.74, 6) is 0. The van der Waals surface area contributed by atoms with Crippen molar-refractivity contribution in [2.75, 3.05) is 5.06 Å². The van der Waals surface area contributed by atoms with Crippen molar-refractivity contribution >= 4 is 27.0 Å². The number of nitrogens with zero attached hydrogens (tertiary/aromatic N) is 1. The number of para-hydroxylation sites is 2. The molecule has 0 aliphatic carbocycles. The highest BCUT2D eigenvalue weighted by atomic mass is 31.3. The smallest absolute Gasteiger partial charge is 0.302 e. The minimum absolute atomic E-state index is 0.372. The van der Waals surface area contributed by atoms with Gasteiger partial charge in [-0.1, -0.05) is 36.4 Å². The number of anilines is 2. The normalized spacial score (nSPS) is 14.3. The molecule has 0 aliphatic heterocycles. The minimum atomic E-state index is -5.19. The van der Waals surface area contributed by atoms with Crippen LogP contribution in [-0.2, 0) is 18.1 Å². The lowest BCUT2D eigenvalue weighted by atomic mass is 10.2. The van der Waals surface area contributed by atoms with Gasteiger partial charge in [0.2, 0.25) is 0 Å². The van der Waals surface area contributed by atoms with E-state index in [1.807, 2.05) is 0 Å². The molecule has 118 valence electrons. The summed E-state index contributed by atoms with van der Waals surface area (Å²) in [6, 6.07) is 16.5. The zero-order valence-electron chi connectivity index (χ0n) is 11.1. The van der Waals surface area contributed by atoms with E-state index < -0.39 is 15.6 Å². The van der Waals surface area contributed by atoms with Crippen LogP contribution in [0.25, 0.3) is 0 Å². The fourth-order valence-electron chi connectivity index (χ4n) is 1.62. The fourth-order valence-corrected chi connectivity index (χ4v) is 3.21. The first-order valence-corrected chi connectivity index (χ1v) is 8.99. The van der Waals surface area contributed by atoms with Gasteiger partial charge < -0.3 is 14.7 Å². The molecule has 0 radical (unpaired) electrons. The predicted molar refractivity (Wildman–Crippen MR) is 79.1 cm³/mol.